The fraction of sp³-hybridized carbons (Fsp3) is 0.316. The molecule has 0 aliphatic heterocycles. The van der Waals surface area contributed by atoms with Crippen LogP contribution in [-0.2, 0) is 31.2 Å². The summed E-state index contributed by atoms with van der Waals surface area (Å²) in [5.74, 6) is 0.237. The van der Waals surface area contributed by atoms with Crippen molar-refractivity contribution in [1.29, 1.82) is 0 Å². The molecular weight excluding hydrogens is 764 g/mol. The van der Waals surface area contributed by atoms with Crippen LogP contribution in [0.4, 0.5) is 0 Å². The Morgan fingerprint density at radius 3 is 1.41 bits per heavy atom. The molecular formula is C57H63O3P. The maximum atomic E-state index is 13.0. The van der Waals surface area contributed by atoms with Crippen LogP contribution >= 0.6 is 7.92 Å². The SMILES string of the molecule is COC(=O)COc1c(-c2ccccc2)cc2ccccc2c1-c1c(P(c2cc(C(C)(C)C)cc(C(C)(C)C)c2)c2cc(C(C)(C)C)cc(C(C)(C)C)c2)ccc2ccccc12. The summed E-state index contributed by atoms with van der Waals surface area (Å²) in [6.45, 7) is 27.7. The van der Waals surface area contributed by atoms with Gasteiger partial charge in [0.05, 0.1) is 7.11 Å². The first-order valence-corrected chi connectivity index (χ1v) is 22.9. The molecule has 0 aromatic heterocycles. The number of esters is 1. The van der Waals surface area contributed by atoms with Crippen LogP contribution in [0.25, 0.3) is 43.8 Å². The van der Waals surface area contributed by atoms with E-state index in [-0.39, 0.29) is 28.3 Å². The van der Waals surface area contributed by atoms with E-state index in [0.29, 0.717) is 5.75 Å². The third-order valence-electron chi connectivity index (χ3n) is 11.9. The van der Waals surface area contributed by atoms with Crippen LogP contribution in [0, 0.1) is 0 Å². The fourth-order valence-electron chi connectivity index (χ4n) is 8.10. The predicted molar refractivity (Wildman–Crippen MR) is 263 cm³/mol. The molecule has 0 amide bonds. The highest BCUT2D eigenvalue weighted by Crippen LogP contribution is 2.50. The van der Waals surface area contributed by atoms with Crippen molar-refractivity contribution < 1.29 is 14.3 Å². The Morgan fingerprint density at radius 1 is 0.492 bits per heavy atom. The molecule has 0 radical (unpaired) electrons. The second kappa shape index (κ2) is 16.6. The molecule has 0 aliphatic carbocycles. The lowest BCUT2D eigenvalue weighted by Gasteiger charge is -2.32. The van der Waals surface area contributed by atoms with Crippen LogP contribution in [0.15, 0.2) is 133 Å². The molecule has 7 aromatic carbocycles. The molecule has 0 N–H and O–H groups in total. The maximum absolute atomic E-state index is 13.0. The zero-order valence-electron chi connectivity index (χ0n) is 38.6. The minimum absolute atomic E-state index is 0.0812. The topological polar surface area (TPSA) is 35.5 Å². The summed E-state index contributed by atoms with van der Waals surface area (Å²) in [4.78, 5) is 13.0. The second-order valence-corrected chi connectivity index (χ2v) is 22.8. The van der Waals surface area contributed by atoms with E-state index in [2.05, 4.69) is 210 Å². The van der Waals surface area contributed by atoms with Crippen LogP contribution in [0.3, 0.4) is 0 Å². The number of rotatable bonds is 8. The number of methoxy groups -OCH3 is 1. The smallest absolute Gasteiger partial charge is 0.343 e. The molecule has 7 aromatic rings. The van der Waals surface area contributed by atoms with Crippen molar-refractivity contribution in [2.45, 2.75) is 105 Å². The summed E-state index contributed by atoms with van der Waals surface area (Å²) in [6, 6.07) is 49.4. The zero-order chi connectivity index (χ0) is 44.1. The molecule has 0 bridgehead atoms. The van der Waals surface area contributed by atoms with E-state index in [1.807, 2.05) is 6.07 Å². The van der Waals surface area contributed by atoms with Crippen LogP contribution in [-0.4, -0.2) is 19.7 Å². The lowest BCUT2D eigenvalue weighted by atomic mass is 9.81. The van der Waals surface area contributed by atoms with Crippen molar-refractivity contribution >= 4 is 51.3 Å². The molecule has 0 unspecified atom stereocenters. The maximum Gasteiger partial charge on any atom is 0.343 e. The zero-order valence-corrected chi connectivity index (χ0v) is 39.5. The van der Waals surface area contributed by atoms with E-state index in [1.54, 1.807) is 0 Å². The Morgan fingerprint density at radius 2 is 0.934 bits per heavy atom. The number of carbonyl (C=O) groups excluding carboxylic acids is 1. The van der Waals surface area contributed by atoms with Gasteiger partial charge < -0.3 is 9.47 Å². The highest BCUT2D eigenvalue weighted by atomic mass is 31.1. The Hall–Kier alpha value is -5.24. The summed E-state index contributed by atoms with van der Waals surface area (Å²) in [5.41, 5.74) is 9.01. The minimum atomic E-state index is -1.22. The molecule has 0 atom stereocenters. The molecule has 0 aliphatic rings. The van der Waals surface area contributed by atoms with Gasteiger partial charge in [-0.1, -0.05) is 210 Å². The average Bonchev–Trinajstić information content (AvgIpc) is 3.21. The standard InChI is InChI=1S/C57H63O3P/c1-54(2,3)40-30-41(55(4,5)6)33-44(32-40)61(45-34-42(56(7,8)9)31-43(35-45)57(10,11)12)49-28-27-38-23-17-19-25-46(38)51(49)52-47-26-20-18-24-39(47)29-48(37-21-15-14-16-22-37)53(52)60-36-50(58)59-13/h14-35H,36H2,1-13H3. The van der Waals surface area contributed by atoms with Crippen molar-refractivity contribution in [2.24, 2.45) is 0 Å². The molecule has 4 heteroatoms. The Labute approximate surface area is 366 Å². The molecule has 0 heterocycles. The second-order valence-electron chi connectivity index (χ2n) is 20.6. The van der Waals surface area contributed by atoms with E-state index in [0.717, 1.165) is 43.8 Å². The molecule has 3 nitrogen and oxygen atoms in total. The number of hydrogen-bond donors (Lipinski definition) is 0. The summed E-state index contributed by atoms with van der Waals surface area (Å²) in [7, 11) is 0.192. The first-order valence-electron chi connectivity index (χ1n) is 21.6. The Kier molecular flexibility index (Phi) is 11.9. The number of ether oxygens (including phenoxy) is 2. The lowest BCUT2D eigenvalue weighted by molar-refractivity contribution is -0.142. The largest absolute Gasteiger partial charge is 0.481 e. The van der Waals surface area contributed by atoms with Gasteiger partial charge in [0.2, 0.25) is 0 Å². The van der Waals surface area contributed by atoms with E-state index in [4.69, 9.17) is 9.47 Å². The van der Waals surface area contributed by atoms with Gasteiger partial charge in [-0.15, -0.1) is 0 Å². The molecule has 0 fully saturated rings. The van der Waals surface area contributed by atoms with Crippen molar-refractivity contribution in [1.82, 2.24) is 0 Å². The number of carbonyl (C=O) groups is 1. The normalized spacial score (nSPS) is 12.6. The first kappa shape index (κ1) is 43.8. The number of hydrogen-bond acceptors (Lipinski definition) is 3. The van der Waals surface area contributed by atoms with Gasteiger partial charge in [0.1, 0.15) is 5.75 Å². The monoisotopic (exact) mass is 826 g/mol. The van der Waals surface area contributed by atoms with E-state index in [1.165, 1.54) is 45.3 Å². The highest BCUT2D eigenvalue weighted by Gasteiger charge is 2.32. The van der Waals surface area contributed by atoms with Gasteiger partial charge in [-0.3, -0.25) is 0 Å². The summed E-state index contributed by atoms with van der Waals surface area (Å²) >= 11 is 0. The third kappa shape index (κ3) is 9.19. The van der Waals surface area contributed by atoms with Crippen LogP contribution in [0.1, 0.15) is 105 Å². The Bertz CT molecular complexity index is 2590. The molecule has 0 saturated heterocycles. The molecule has 0 saturated carbocycles. The Balaban J connectivity index is 1.72. The highest BCUT2D eigenvalue weighted by molar-refractivity contribution is 7.80. The summed E-state index contributed by atoms with van der Waals surface area (Å²) in [5, 5.41) is 8.31. The van der Waals surface area contributed by atoms with Gasteiger partial charge >= 0.3 is 5.97 Å². The van der Waals surface area contributed by atoms with Crippen molar-refractivity contribution in [3.8, 4) is 28.0 Å². The van der Waals surface area contributed by atoms with E-state index in [9.17, 15) is 4.79 Å². The van der Waals surface area contributed by atoms with Crippen LogP contribution in [0.2, 0.25) is 0 Å². The van der Waals surface area contributed by atoms with Crippen molar-refractivity contribution in [3.63, 3.8) is 0 Å². The number of benzene rings is 7. The number of fused-ring (bicyclic) bond motifs is 2. The van der Waals surface area contributed by atoms with Gasteiger partial charge in [-0.2, -0.15) is 0 Å². The van der Waals surface area contributed by atoms with Crippen molar-refractivity contribution in [2.75, 3.05) is 13.7 Å². The van der Waals surface area contributed by atoms with E-state index >= 15 is 0 Å². The predicted octanol–water partition coefficient (Wildman–Crippen LogP) is 13.8. The average molecular weight is 827 g/mol. The molecule has 314 valence electrons. The van der Waals surface area contributed by atoms with Crippen molar-refractivity contribution in [3.05, 3.63) is 156 Å². The van der Waals surface area contributed by atoms with Crippen LogP contribution in [0.5, 0.6) is 5.75 Å². The molecule has 7 rings (SSSR count). The third-order valence-corrected chi connectivity index (χ3v) is 14.3. The van der Waals surface area contributed by atoms with Gasteiger partial charge in [0, 0.05) is 16.7 Å². The quantitative estimate of drug-likeness (QED) is 0.113. The summed E-state index contributed by atoms with van der Waals surface area (Å²) in [6.07, 6.45) is 0. The molecule has 61 heavy (non-hydrogen) atoms. The first-order chi connectivity index (χ1) is 28.6. The van der Waals surface area contributed by atoms with Crippen LogP contribution < -0.4 is 20.7 Å². The summed E-state index contributed by atoms with van der Waals surface area (Å²) < 4.78 is 12.0. The van der Waals surface area contributed by atoms with Gasteiger partial charge in [0.25, 0.3) is 0 Å². The van der Waals surface area contributed by atoms with Gasteiger partial charge in [-0.25, -0.2) is 4.79 Å². The minimum Gasteiger partial charge on any atom is -0.481 e. The fourth-order valence-corrected chi connectivity index (χ4v) is 10.7. The van der Waals surface area contributed by atoms with Gasteiger partial charge in [-0.05, 0) is 101 Å². The van der Waals surface area contributed by atoms with E-state index < -0.39 is 13.9 Å². The lowest BCUT2D eigenvalue weighted by Crippen LogP contribution is -2.28. The van der Waals surface area contributed by atoms with Gasteiger partial charge in [0.15, 0.2) is 6.61 Å². The molecule has 0 spiro atoms.